The molecule has 0 atom stereocenters. The maximum absolute atomic E-state index is 11.3. The van der Waals surface area contributed by atoms with Crippen molar-refractivity contribution in [3.05, 3.63) is 59.5 Å². The van der Waals surface area contributed by atoms with Gasteiger partial charge in [0.1, 0.15) is 24.9 Å². The van der Waals surface area contributed by atoms with Gasteiger partial charge < -0.3 is 14.2 Å². The maximum Gasteiger partial charge on any atom is 0.164 e. The van der Waals surface area contributed by atoms with Crippen LogP contribution in [-0.2, 0) is 22.9 Å². The van der Waals surface area contributed by atoms with E-state index in [-0.39, 0.29) is 0 Å². The molecule has 0 aliphatic heterocycles. The standard InChI is InChI=1S/C31H43N5O4Si2/c1-38-27-10-11-28-29(17-27)36(23-40-13-15-42(5,6)7)31(33-28)30-26(9-8-24-16-25(21-37)19-32-18-24)20-35(34-30)22-39-12-14-41(2,3)4/h8-11,16-21H,12-15,22-23H2,1-7H3/b9-8+. The molecule has 0 N–H and O–H groups in total. The molecule has 42 heavy (non-hydrogen) atoms. The minimum atomic E-state index is -1.24. The first-order valence-corrected chi connectivity index (χ1v) is 21.7. The molecule has 3 aromatic heterocycles. The topological polar surface area (TPSA) is 93.3 Å². The highest BCUT2D eigenvalue weighted by Gasteiger charge is 2.20. The molecule has 0 saturated heterocycles. The molecule has 0 radical (unpaired) electrons. The SMILES string of the molecule is COc1ccc2nc(-c3nn(COCC[Si](C)(C)C)cc3/C=C/c3cncc(C=O)c3)n(COCC[Si](C)(C)C)c2c1. The van der Waals surface area contributed by atoms with E-state index in [0.29, 0.717) is 43.8 Å². The Labute approximate surface area is 250 Å². The lowest BCUT2D eigenvalue weighted by molar-refractivity contribution is 0.0786. The number of ether oxygens (including phenoxy) is 3. The molecule has 0 bridgehead atoms. The van der Waals surface area contributed by atoms with Crippen LogP contribution < -0.4 is 4.74 Å². The van der Waals surface area contributed by atoms with Gasteiger partial charge in [0.25, 0.3) is 0 Å². The van der Waals surface area contributed by atoms with Crippen LogP contribution >= 0.6 is 0 Å². The van der Waals surface area contributed by atoms with Crippen LogP contribution in [0.5, 0.6) is 5.75 Å². The van der Waals surface area contributed by atoms with E-state index in [2.05, 4.69) is 48.8 Å². The summed E-state index contributed by atoms with van der Waals surface area (Å²) in [7, 11) is -0.787. The Balaban J connectivity index is 1.73. The molecule has 0 aliphatic carbocycles. The molecule has 4 rings (SSSR count). The van der Waals surface area contributed by atoms with Crippen molar-refractivity contribution in [3.63, 3.8) is 0 Å². The van der Waals surface area contributed by atoms with Crippen molar-refractivity contribution in [1.29, 1.82) is 0 Å². The lowest BCUT2D eigenvalue weighted by atomic mass is 10.1. The van der Waals surface area contributed by atoms with E-state index in [1.54, 1.807) is 25.6 Å². The second-order valence-electron chi connectivity index (χ2n) is 12.9. The largest absolute Gasteiger partial charge is 0.497 e. The molecule has 0 aliphatic rings. The lowest BCUT2D eigenvalue weighted by Crippen LogP contribution is -2.22. The van der Waals surface area contributed by atoms with Crippen LogP contribution in [0.4, 0.5) is 0 Å². The molecule has 1 aromatic carbocycles. The molecular formula is C31H43N5O4Si2. The molecule has 0 unspecified atom stereocenters. The van der Waals surface area contributed by atoms with Crippen LogP contribution in [0.1, 0.15) is 21.5 Å². The first-order chi connectivity index (χ1) is 20.0. The third-order valence-corrected chi connectivity index (χ3v) is 10.2. The Hall–Kier alpha value is -3.39. The van der Waals surface area contributed by atoms with Gasteiger partial charge in [-0.25, -0.2) is 9.67 Å². The average Bonchev–Trinajstić information content (AvgIpc) is 3.51. The van der Waals surface area contributed by atoms with Crippen LogP contribution in [0, 0.1) is 0 Å². The fourth-order valence-corrected chi connectivity index (χ4v) is 5.74. The third kappa shape index (κ3) is 8.81. The number of nitrogens with zero attached hydrogens (tertiary/aromatic N) is 5. The minimum Gasteiger partial charge on any atom is -0.497 e. The van der Waals surface area contributed by atoms with Crippen LogP contribution in [-0.4, -0.2) is 67.1 Å². The molecule has 224 valence electrons. The van der Waals surface area contributed by atoms with Crippen molar-refractivity contribution in [2.75, 3.05) is 20.3 Å². The number of rotatable bonds is 15. The number of fused-ring (bicyclic) bond motifs is 1. The van der Waals surface area contributed by atoms with Crippen LogP contribution in [0.25, 0.3) is 34.7 Å². The number of carbonyl (C=O) groups is 1. The molecule has 0 fully saturated rings. The highest BCUT2D eigenvalue weighted by Crippen LogP contribution is 2.30. The quantitative estimate of drug-likeness (QED) is 0.0826. The zero-order valence-corrected chi connectivity index (χ0v) is 27.9. The van der Waals surface area contributed by atoms with Crippen molar-refractivity contribution in [2.24, 2.45) is 0 Å². The molecule has 0 amide bonds. The van der Waals surface area contributed by atoms with Gasteiger partial charge in [-0.2, -0.15) is 5.10 Å². The van der Waals surface area contributed by atoms with Crippen LogP contribution in [0.3, 0.4) is 0 Å². The van der Waals surface area contributed by atoms with Crippen molar-refractivity contribution in [1.82, 2.24) is 24.3 Å². The van der Waals surface area contributed by atoms with Crippen LogP contribution in [0.2, 0.25) is 51.4 Å². The fourth-order valence-electron chi connectivity index (χ4n) is 4.23. The molecule has 3 heterocycles. The summed E-state index contributed by atoms with van der Waals surface area (Å²) in [6.07, 6.45) is 9.93. The number of aldehydes is 1. The summed E-state index contributed by atoms with van der Waals surface area (Å²) >= 11 is 0. The first-order valence-electron chi connectivity index (χ1n) is 14.3. The van der Waals surface area contributed by atoms with Gasteiger partial charge in [-0.3, -0.25) is 14.3 Å². The number of benzene rings is 1. The number of pyridine rings is 1. The van der Waals surface area contributed by atoms with Crippen molar-refractivity contribution in [2.45, 2.75) is 64.8 Å². The summed E-state index contributed by atoms with van der Waals surface area (Å²) < 4.78 is 21.6. The highest BCUT2D eigenvalue weighted by atomic mass is 28.3. The normalized spacial score (nSPS) is 12.5. The molecule has 4 aromatic rings. The Bertz CT molecular complexity index is 1530. The van der Waals surface area contributed by atoms with E-state index >= 15 is 0 Å². The summed E-state index contributed by atoms with van der Waals surface area (Å²) in [6, 6.07) is 9.81. The Morgan fingerprint density at radius 3 is 2.24 bits per heavy atom. The molecule has 0 spiro atoms. The van der Waals surface area contributed by atoms with E-state index in [9.17, 15) is 4.79 Å². The molecule has 9 nitrogen and oxygen atoms in total. The van der Waals surface area contributed by atoms with Gasteiger partial charge in [0.15, 0.2) is 12.1 Å². The number of imidazole rings is 1. The van der Waals surface area contributed by atoms with Gasteiger partial charge in [-0.15, -0.1) is 0 Å². The predicted molar refractivity (Wildman–Crippen MR) is 174 cm³/mol. The number of hydrogen-bond donors (Lipinski definition) is 0. The van der Waals surface area contributed by atoms with Gasteiger partial charge in [0, 0.05) is 65.1 Å². The van der Waals surface area contributed by atoms with Crippen LogP contribution in [0.15, 0.2) is 42.9 Å². The van der Waals surface area contributed by atoms with Gasteiger partial charge in [-0.1, -0.05) is 51.4 Å². The second kappa shape index (κ2) is 13.7. The summed E-state index contributed by atoms with van der Waals surface area (Å²) in [5.41, 5.74) is 4.66. The first kappa shape index (κ1) is 31.5. The molecule has 11 heteroatoms. The number of aromatic nitrogens is 5. The predicted octanol–water partition coefficient (Wildman–Crippen LogP) is 6.91. The summed E-state index contributed by atoms with van der Waals surface area (Å²) in [5, 5.41) is 4.94. The summed E-state index contributed by atoms with van der Waals surface area (Å²) in [5.74, 6) is 1.45. The Morgan fingerprint density at radius 2 is 1.57 bits per heavy atom. The second-order valence-corrected chi connectivity index (χ2v) is 24.1. The zero-order chi connectivity index (χ0) is 30.3. The van der Waals surface area contributed by atoms with Gasteiger partial charge in [-0.05, 0) is 35.9 Å². The monoisotopic (exact) mass is 605 g/mol. The van der Waals surface area contributed by atoms with Crippen molar-refractivity contribution < 1.29 is 19.0 Å². The van der Waals surface area contributed by atoms with Gasteiger partial charge in [0.05, 0.1) is 18.1 Å². The maximum atomic E-state index is 11.3. The smallest absolute Gasteiger partial charge is 0.164 e. The Morgan fingerprint density at radius 1 is 0.881 bits per heavy atom. The van der Waals surface area contributed by atoms with E-state index < -0.39 is 16.1 Å². The lowest BCUT2D eigenvalue weighted by Gasteiger charge is -2.16. The average molecular weight is 606 g/mol. The summed E-state index contributed by atoms with van der Waals surface area (Å²) in [6.45, 7) is 16.1. The highest BCUT2D eigenvalue weighted by molar-refractivity contribution is 6.76. The van der Waals surface area contributed by atoms with Gasteiger partial charge in [0.2, 0.25) is 0 Å². The van der Waals surface area contributed by atoms with E-state index in [1.165, 1.54) is 0 Å². The van der Waals surface area contributed by atoms with E-state index in [0.717, 1.165) is 46.3 Å². The molecule has 0 saturated carbocycles. The Kier molecular flexibility index (Phi) is 10.3. The van der Waals surface area contributed by atoms with Gasteiger partial charge >= 0.3 is 0 Å². The fraction of sp³-hybridized carbons (Fsp3) is 0.419. The third-order valence-electron chi connectivity index (χ3n) is 6.77. The number of methoxy groups -OCH3 is 1. The summed E-state index contributed by atoms with van der Waals surface area (Å²) in [4.78, 5) is 20.5. The molecular weight excluding hydrogens is 563 g/mol. The van der Waals surface area contributed by atoms with Crippen molar-refractivity contribution in [3.8, 4) is 17.3 Å². The van der Waals surface area contributed by atoms with E-state index in [4.69, 9.17) is 24.3 Å². The zero-order valence-electron chi connectivity index (χ0n) is 25.9. The number of carbonyl (C=O) groups excluding carboxylic acids is 1. The van der Waals surface area contributed by atoms with E-state index in [1.807, 2.05) is 41.2 Å². The number of hydrogen-bond acceptors (Lipinski definition) is 7. The van der Waals surface area contributed by atoms with Crippen molar-refractivity contribution >= 4 is 45.6 Å². The minimum absolute atomic E-state index is 0.342.